The molecule has 0 aliphatic rings. The van der Waals surface area contributed by atoms with E-state index < -0.39 is 24.3 Å². The highest BCUT2D eigenvalue weighted by Gasteiger charge is 2.19. The molecule has 134 valence electrons. The highest BCUT2D eigenvalue weighted by molar-refractivity contribution is 5.70. The number of carboxylic acid groups (broad SMARTS) is 1. The molecule has 0 spiro atoms. The van der Waals surface area contributed by atoms with Gasteiger partial charge in [0.15, 0.2) is 0 Å². The standard InChI is InChI=1S/C16H29NO6/c1-5-7-11(3)8-13(9-14(18)19)10-17-16(21)23-12(4)22-15(20)6-2/h11-13H,5-10H2,1-4H3,(H,17,21)(H,18,19)/t11-,12-,13+/m1/s1. The Hall–Kier alpha value is -1.79. The minimum absolute atomic E-state index is 0.00525. The van der Waals surface area contributed by atoms with Gasteiger partial charge >= 0.3 is 18.0 Å². The Balaban J connectivity index is 4.28. The molecule has 0 aromatic heterocycles. The van der Waals surface area contributed by atoms with Gasteiger partial charge in [0.1, 0.15) is 0 Å². The van der Waals surface area contributed by atoms with Crippen LogP contribution in [0.25, 0.3) is 0 Å². The van der Waals surface area contributed by atoms with Gasteiger partial charge in [0.25, 0.3) is 0 Å². The SMILES string of the molecule is CCC[C@@H](C)C[C@H](CNC(=O)O[C@H](C)OC(=O)CC)CC(=O)O. The van der Waals surface area contributed by atoms with Gasteiger partial charge in [-0.3, -0.25) is 9.59 Å². The monoisotopic (exact) mass is 331 g/mol. The largest absolute Gasteiger partial charge is 0.481 e. The lowest BCUT2D eigenvalue weighted by atomic mass is 9.90. The Morgan fingerprint density at radius 2 is 1.78 bits per heavy atom. The average molecular weight is 331 g/mol. The quantitative estimate of drug-likeness (QED) is 0.446. The smallest absolute Gasteiger partial charge is 0.410 e. The molecule has 0 unspecified atom stereocenters. The molecule has 0 aromatic rings. The van der Waals surface area contributed by atoms with Crippen molar-refractivity contribution in [3.63, 3.8) is 0 Å². The lowest BCUT2D eigenvalue weighted by Crippen LogP contribution is -2.34. The van der Waals surface area contributed by atoms with Crippen molar-refractivity contribution in [2.45, 2.75) is 66.1 Å². The maximum atomic E-state index is 11.7. The Labute approximate surface area is 137 Å². The Morgan fingerprint density at radius 3 is 2.30 bits per heavy atom. The van der Waals surface area contributed by atoms with Crippen molar-refractivity contribution in [3.05, 3.63) is 0 Å². The van der Waals surface area contributed by atoms with Crippen LogP contribution in [0.5, 0.6) is 0 Å². The number of alkyl carbamates (subject to hydrolysis) is 1. The lowest BCUT2D eigenvalue weighted by molar-refractivity contribution is -0.164. The van der Waals surface area contributed by atoms with E-state index in [0.717, 1.165) is 19.3 Å². The molecule has 2 N–H and O–H groups in total. The number of carbonyl (C=O) groups excluding carboxylic acids is 2. The normalized spacial score (nSPS) is 14.4. The molecule has 0 saturated heterocycles. The van der Waals surface area contributed by atoms with E-state index in [1.54, 1.807) is 6.92 Å². The molecule has 7 heteroatoms. The summed E-state index contributed by atoms with van der Waals surface area (Å²) < 4.78 is 9.71. The summed E-state index contributed by atoms with van der Waals surface area (Å²) >= 11 is 0. The van der Waals surface area contributed by atoms with Gasteiger partial charge in [-0.2, -0.15) is 0 Å². The van der Waals surface area contributed by atoms with Gasteiger partial charge in [-0.15, -0.1) is 0 Å². The summed E-state index contributed by atoms with van der Waals surface area (Å²) in [7, 11) is 0. The molecule has 0 aromatic carbocycles. The van der Waals surface area contributed by atoms with Crippen LogP contribution in [0.2, 0.25) is 0 Å². The number of hydrogen-bond acceptors (Lipinski definition) is 5. The molecule has 7 nitrogen and oxygen atoms in total. The van der Waals surface area contributed by atoms with Crippen LogP contribution in [0, 0.1) is 11.8 Å². The van der Waals surface area contributed by atoms with E-state index in [1.807, 2.05) is 0 Å². The van der Waals surface area contributed by atoms with Crippen LogP contribution in [0.3, 0.4) is 0 Å². The molecule has 3 atom stereocenters. The zero-order valence-corrected chi connectivity index (χ0v) is 14.5. The highest BCUT2D eigenvalue weighted by Crippen LogP contribution is 2.19. The van der Waals surface area contributed by atoms with E-state index in [1.165, 1.54) is 6.92 Å². The summed E-state index contributed by atoms with van der Waals surface area (Å²) in [5.41, 5.74) is 0. The van der Waals surface area contributed by atoms with E-state index >= 15 is 0 Å². The molecular formula is C16H29NO6. The predicted molar refractivity (Wildman–Crippen MR) is 84.8 cm³/mol. The van der Waals surface area contributed by atoms with Crippen molar-refractivity contribution in [3.8, 4) is 0 Å². The number of esters is 1. The number of amides is 1. The molecule has 0 heterocycles. The fourth-order valence-corrected chi connectivity index (χ4v) is 2.38. The molecule has 0 fully saturated rings. The fourth-order valence-electron chi connectivity index (χ4n) is 2.38. The van der Waals surface area contributed by atoms with Gasteiger partial charge in [-0.25, -0.2) is 4.79 Å². The summed E-state index contributed by atoms with van der Waals surface area (Å²) in [6.07, 6.45) is 1.28. The van der Waals surface area contributed by atoms with Crippen molar-refractivity contribution >= 4 is 18.0 Å². The first-order chi connectivity index (χ1) is 10.8. The molecule has 0 radical (unpaired) electrons. The van der Waals surface area contributed by atoms with Crippen LogP contribution in [-0.2, 0) is 19.1 Å². The molecule has 0 rings (SSSR count). The van der Waals surface area contributed by atoms with Crippen molar-refractivity contribution in [1.82, 2.24) is 5.32 Å². The summed E-state index contributed by atoms with van der Waals surface area (Å²) in [5, 5.41) is 11.5. The van der Waals surface area contributed by atoms with Crippen LogP contribution >= 0.6 is 0 Å². The van der Waals surface area contributed by atoms with Crippen LogP contribution in [-0.4, -0.2) is 36.0 Å². The number of nitrogens with one attached hydrogen (secondary N) is 1. The van der Waals surface area contributed by atoms with E-state index in [4.69, 9.17) is 14.6 Å². The summed E-state index contributed by atoms with van der Waals surface area (Å²) in [6, 6.07) is 0. The van der Waals surface area contributed by atoms with Crippen LogP contribution in [0.15, 0.2) is 0 Å². The van der Waals surface area contributed by atoms with Crippen molar-refractivity contribution < 1.29 is 29.0 Å². The third kappa shape index (κ3) is 11.4. The molecule has 0 aliphatic heterocycles. The second kappa shape index (κ2) is 11.7. The number of ether oxygens (including phenoxy) is 2. The van der Waals surface area contributed by atoms with Gasteiger partial charge in [-0.1, -0.05) is 33.6 Å². The third-order valence-electron chi connectivity index (χ3n) is 3.37. The predicted octanol–water partition coefficient (Wildman–Crippen LogP) is 2.93. The van der Waals surface area contributed by atoms with E-state index in [2.05, 4.69) is 19.2 Å². The minimum Gasteiger partial charge on any atom is -0.481 e. The van der Waals surface area contributed by atoms with E-state index in [-0.39, 0.29) is 25.3 Å². The molecular weight excluding hydrogens is 302 g/mol. The van der Waals surface area contributed by atoms with Gasteiger partial charge in [0.2, 0.25) is 6.29 Å². The first-order valence-electron chi connectivity index (χ1n) is 8.14. The molecule has 0 saturated carbocycles. The lowest BCUT2D eigenvalue weighted by Gasteiger charge is -2.20. The Morgan fingerprint density at radius 1 is 1.13 bits per heavy atom. The maximum absolute atomic E-state index is 11.7. The first kappa shape index (κ1) is 21.2. The van der Waals surface area contributed by atoms with Gasteiger partial charge < -0.3 is 19.9 Å². The van der Waals surface area contributed by atoms with Crippen molar-refractivity contribution in [2.75, 3.05) is 6.54 Å². The zero-order chi connectivity index (χ0) is 17.8. The molecule has 0 aliphatic carbocycles. The number of rotatable bonds is 11. The topological polar surface area (TPSA) is 102 Å². The van der Waals surface area contributed by atoms with Crippen LogP contribution < -0.4 is 5.32 Å². The molecule has 23 heavy (non-hydrogen) atoms. The van der Waals surface area contributed by atoms with Crippen molar-refractivity contribution in [2.24, 2.45) is 11.8 Å². The van der Waals surface area contributed by atoms with Gasteiger partial charge in [0, 0.05) is 26.3 Å². The molecule has 1 amide bonds. The van der Waals surface area contributed by atoms with Gasteiger partial charge in [0.05, 0.1) is 0 Å². The van der Waals surface area contributed by atoms with Gasteiger partial charge in [-0.05, 0) is 18.3 Å². The number of hydrogen-bond donors (Lipinski definition) is 2. The average Bonchev–Trinajstić information content (AvgIpc) is 2.44. The van der Waals surface area contributed by atoms with Crippen LogP contribution in [0.1, 0.15) is 59.8 Å². The Kier molecular flexibility index (Phi) is 10.8. The Bertz CT molecular complexity index is 385. The summed E-state index contributed by atoms with van der Waals surface area (Å²) in [4.78, 5) is 33.7. The zero-order valence-electron chi connectivity index (χ0n) is 14.5. The van der Waals surface area contributed by atoms with Crippen LogP contribution in [0.4, 0.5) is 4.79 Å². The summed E-state index contributed by atoms with van der Waals surface area (Å²) in [6.45, 7) is 7.46. The summed E-state index contributed by atoms with van der Waals surface area (Å²) in [5.74, 6) is -1.11. The second-order valence-corrected chi connectivity index (χ2v) is 5.79. The third-order valence-corrected chi connectivity index (χ3v) is 3.37. The minimum atomic E-state index is -0.973. The number of aliphatic carboxylic acids is 1. The fraction of sp³-hybridized carbons (Fsp3) is 0.812. The van der Waals surface area contributed by atoms with E-state index in [0.29, 0.717) is 5.92 Å². The highest BCUT2D eigenvalue weighted by atomic mass is 16.7. The number of carboxylic acids is 1. The molecule has 0 bridgehead atoms. The van der Waals surface area contributed by atoms with Crippen molar-refractivity contribution in [1.29, 1.82) is 0 Å². The van der Waals surface area contributed by atoms with E-state index in [9.17, 15) is 14.4 Å². The first-order valence-corrected chi connectivity index (χ1v) is 8.14. The second-order valence-electron chi connectivity index (χ2n) is 5.79. The maximum Gasteiger partial charge on any atom is 0.410 e. The number of carbonyl (C=O) groups is 3.